The maximum atomic E-state index is 12.0. The summed E-state index contributed by atoms with van der Waals surface area (Å²) in [6.45, 7) is 2.52. The van der Waals surface area contributed by atoms with Crippen molar-refractivity contribution in [3.05, 3.63) is 12.3 Å². The number of aromatic nitrogens is 2. The molecular weight excluding hydrogens is 228 g/mol. The summed E-state index contributed by atoms with van der Waals surface area (Å²) in [6.07, 6.45) is 4.45. The van der Waals surface area contributed by atoms with E-state index in [0.29, 0.717) is 12.4 Å². The predicted octanol–water partition coefficient (Wildman–Crippen LogP) is 0.941. The van der Waals surface area contributed by atoms with Crippen LogP contribution in [0.4, 0.5) is 5.82 Å². The van der Waals surface area contributed by atoms with Crippen LogP contribution in [-0.2, 0) is 10.2 Å². The number of piperidine rings is 1. The highest BCUT2D eigenvalue weighted by molar-refractivity contribution is 7.90. The smallest absolute Gasteiger partial charge is 0.262 e. The fourth-order valence-electron chi connectivity index (χ4n) is 1.94. The van der Waals surface area contributed by atoms with Crippen LogP contribution < -0.4 is 4.72 Å². The molecule has 0 radical (unpaired) electrons. The molecule has 6 nitrogen and oxygen atoms in total. The lowest BCUT2D eigenvalue weighted by atomic mass is 10.1. The van der Waals surface area contributed by atoms with Gasteiger partial charge in [-0.05, 0) is 19.8 Å². The molecule has 1 aliphatic heterocycles. The Kier molecular flexibility index (Phi) is 3.15. The van der Waals surface area contributed by atoms with Crippen molar-refractivity contribution in [2.75, 3.05) is 11.3 Å². The minimum absolute atomic E-state index is 0.0640. The Bertz CT molecular complexity index is 428. The zero-order valence-corrected chi connectivity index (χ0v) is 10.00. The van der Waals surface area contributed by atoms with Gasteiger partial charge in [-0.1, -0.05) is 6.42 Å². The zero-order chi connectivity index (χ0) is 11.6. The summed E-state index contributed by atoms with van der Waals surface area (Å²) in [6, 6.07) is 1.65. The predicted molar refractivity (Wildman–Crippen MR) is 61.1 cm³/mol. The fourth-order valence-corrected chi connectivity index (χ4v) is 3.40. The third-order valence-electron chi connectivity index (χ3n) is 2.79. The van der Waals surface area contributed by atoms with Crippen LogP contribution in [0.3, 0.4) is 0 Å². The average Bonchev–Trinajstić information content (AvgIpc) is 2.70. The Morgan fingerprint density at radius 3 is 3.00 bits per heavy atom. The van der Waals surface area contributed by atoms with E-state index in [-0.39, 0.29) is 6.04 Å². The highest BCUT2D eigenvalue weighted by Gasteiger charge is 2.29. The van der Waals surface area contributed by atoms with Crippen molar-refractivity contribution in [3.63, 3.8) is 0 Å². The maximum Gasteiger partial charge on any atom is 0.303 e. The van der Waals surface area contributed by atoms with Crippen LogP contribution >= 0.6 is 0 Å². The minimum Gasteiger partial charge on any atom is -0.262 e. The molecule has 0 bridgehead atoms. The van der Waals surface area contributed by atoms with Crippen molar-refractivity contribution >= 4 is 16.0 Å². The van der Waals surface area contributed by atoms with E-state index in [0.717, 1.165) is 19.3 Å². The lowest BCUT2D eigenvalue weighted by Crippen LogP contribution is -2.44. The van der Waals surface area contributed by atoms with Gasteiger partial charge >= 0.3 is 10.2 Å². The van der Waals surface area contributed by atoms with E-state index < -0.39 is 10.2 Å². The van der Waals surface area contributed by atoms with Gasteiger partial charge in [0, 0.05) is 18.7 Å². The largest absolute Gasteiger partial charge is 0.303 e. The van der Waals surface area contributed by atoms with E-state index in [1.807, 2.05) is 6.92 Å². The summed E-state index contributed by atoms with van der Waals surface area (Å²) >= 11 is 0. The number of H-pyrrole nitrogens is 1. The molecule has 1 fully saturated rings. The highest BCUT2D eigenvalue weighted by atomic mass is 32.2. The molecule has 0 amide bonds. The van der Waals surface area contributed by atoms with Crippen LogP contribution in [0.25, 0.3) is 0 Å². The first kappa shape index (κ1) is 11.4. The molecule has 2 N–H and O–H groups in total. The van der Waals surface area contributed by atoms with Crippen LogP contribution in [0.5, 0.6) is 0 Å². The first-order chi connectivity index (χ1) is 7.59. The van der Waals surface area contributed by atoms with Crippen molar-refractivity contribution in [2.24, 2.45) is 0 Å². The molecule has 16 heavy (non-hydrogen) atoms. The van der Waals surface area contributed by atoms with E-state index in [1.54, 1.807) is 6.07 Å². The molecule has 1 saturated heterocycles. The molecule has 0 spiro atoms. The lowest BCUT2D eigenvalue weighted by Gasteiger charge is -2.31. The lowest BCUT2D eigenvalue weighted by molar-refractivity contribution is 0.270. The van der Waals surface area contributed by atoms with Crippen molar-refractivity contribution in [3.8, 4) is 0 Å². The summed E-state index contributed by atoms with van der Waals surface area (Å²) in [5.74, 6) is 0.401. The van der Waals surface area contributed by atoms with E-state index in [4.69, 9.17) is 0 Å². The molecule has 0 aliphatic carbocycles. The first-order valence-corrected chi connectivity index (χ1v) is 6.82. The second-order valence-corrected chi connectivity index (χ2v) is 5.66. The Hall–Kier alpha value is -1.08. The van der Waals surface area contributed by atoms with Crippen molar-refractivity contribution in [1.29, 1.82) is 0 Å². The molecule has 1 unspecified atom stereocenters. The van der Waals surface area contributed by atoms with Crippen LogP contribution in [0, 0.1) is 0 Å². The van der Waals surface area contributed by atoms with Crippen molar-refractivity contribution < 1.29 is 8.42 Å². The van der Waals surface area contributed by atoms with Crippen molar-refractivity contribution in [2.45, 2.75) is 32.2 Å². The molecule has 1 atom stereocenters. The third-order valence-corrected chi connectivity index (χ3v) is 4.43. The normalized spacial score (nSPS) is 23.2. The molecule has 7 heteroatoms. The standard InChI is InChI=1S/C9H16N4O2S/c1-8-4-2-3-7-13(8)16(14,15)12-9-5-6-10-11-9/h5-6,8H,2-4,7H2,1H3,(H2,10,11,12). The summed E-state index contributed by atoms with van der Waals surface area (Å²) < 4.78 is 28.1. The molecule has 1 aliphatic rings. The van der Waals surface area contributed by atoms with Gasteiger partial charge in [0.25, 0.3) is 0 Å². The van der Waals surface area contributed by atoms with Gasteiger partial charge < -0.3 is 0 Å². The molecule has 2 heterocycles. The SMILES string of the molecule is CC1CCCCN1S(=O)(=O)Nc1ccn[nH]1. The van der Waals surface area contributed by atoms with Crippen LogP contribution in [0.1, 0.15) is 26.2 Å². The summed E-state index contributed by atoms with van der Waals surface area (Å²) in [4.78, 5) is 0. The van der Waals surface area contributed by atoms with Gasteiger partial charge in [0.05, 0.1) is 6.20 Å². The van der Waals surface area contributed by atoms with E-state index in [1.165, 1.54) is 10.5 Å². The van der Waals surface area contributed by atoms with Gasteiger partial charge in [0.1, 0.15) is 5.82 Å². The molecular formula is C9H16N4O2S. The number of nitrogens with zero attached hydrogens (tertiary/aromatic N) is 2. The second kappa shape index (κ2) is 4.42. The Morgan fingerprint density at radius 1 is 1.56 bits per heavy atom. The molecule has 90 valence electrons. The fraction of sp³-hybridized carbons (Fsp3) is 0.667. The number of hydrogen-bond acceptors (Lipinski definition) is 3. The number of rotatable bonds is 3. The number of anilines is 1. The third kappa shape index (κ3) is 2.35. The quantitative estimate of drug-likeness (QED) is 0.830. The summed E-state index contributed by atoms with van der Waals surface area (Å²) in [5.41, 5.74) is 0. The number of aromatic amines is 1. The number of nitrogens with one attached hydrogen (secondary N) is 2. The van der Waals surface area contributed by atoms with Gasteiger partial charge in [-0.2, -0.15) is 17.8 Å². The first-order valence-electron chi connectivity index (χ1n) is 5.38. The van der Waals surface area contributed by atoms with E-state index in [9.17, 15) is 8.42 Å². The van der Waals surface area contributed by atoms with Crippen molar-refractivity contribution in [1.82, 2.24) is 14.5 Å². The minimum atomic E-state index is -3.44. The van der Waals surface area contributed by atoms with E-state index >= 15 is 0 Å². The molecule has 1 aromatic heterocycles. The van der Waals surface area contributed by atoms with Crippen LogP contribution in [0.15, 0.2) is 12.3 Å². The molecule has 0 saturated carbocycles. The summed E-state index contributed by atoms with van der Waals surface area (Å²) in [5, 5.41) is 6.28. The van der Waals surface area contributed by atoms with Gasteiger partial charge in [-0.15, -0.1) is 0 Å². The molecule has 0 aromatic carbocycles. The van der Waals surface area contributed by atoms with Gasteiger partial charge in [0.15, 0.2) is 0 Å². The monoisotopic (exact) mass is 244 g/mol. The second-order valence-electron chi connectivity index (χ2n) is 4.03. The van der Waals surface area contributed by atoms with Gasteiger partial charge in [0.2, 0.25) is 0 Å². The van der Waals surface area contributed by atoms with Crippen LogP contribution in [-0.4, -0.2) is 35.5 Å². The maximum absolute atomic E-state index is 12.0. The Balaban J connectivity index is 2.12. The topological polar surface area (TPSA) is 78.1 Å². The van der Waals surface area contributed by atoms with Crippen LogP contribution in [0.2, 0.25) is 0 Å². The Morgan fingerprint density at radius 2 is 2.38 bits per heavy atom. The average molecular weight is 244 g/mol. The van der Waals surface area contributed by atoms with Gasteiger partial charge in [-0.25, -0.2) is 0 Å². The highest BCUT2D eigenvalue weighted by Crippen LogP contribution is 2.20. The molecule has 2 rings (SSSR count). The molecule has 1 aromatic rings. The Labute approximate surface area is 95.2 Å². The number of hydrogen-bond donors (Lipinski definition) is 2. The van der Waals surface area contributed by atoms with Gasteiger partial charge in [-0.3, -0.25) is 9.82 Å². The van der Waals surface area contributed by atoms with E-state index in [2.05, 4.69) is 14.9 Å². The zero-order valence-electron chi connectivity index (χ0n) is 9.18. The summed E-state index contributed by atoms with van der Waals surface area (Å²) in [7, 11) is -3.44.